The standard InChI is InChI=1S/C6H13NO4/c7-5-3(9)2-11-4(1-8)6(5)10/h3-6,8-10H,1-2,7H2/t3?,4?,5-,6+/m0/s1. The second kappa shape index (κ2) is 3.46. The molecule has 5 heteroatoms. The predicted molar refractivity (Wildman–Crippen MR) is 36.8 cm³/mol. The minimum atomic E-state index is -0.983. The van der Waals surface area contributed by atoms with E-state index in [1.54, 1.807) is 0 Å². The average molecular weight is 163 g/mol. The van der Waals surface area contributed by atoms with Crippen molar-refractivity contribution in [2.24, 2.45) is 5.73 Å². The fourth-order valence-electron chi connectivity index (χ4n) is 1.07. The molecule has 1 heterocycles. The number of hydrogen-bond acceptors (Lipinski definition) is 5. The second-order valence-corrected chi connectivity index (χ2v) is 2.69. The van der Waals surface area contributed by atoms with Gasteiger partial charge in [0.25, 0.3) is 0 Å². The molecule has 1 rings (SSSR count). The van der Waals surface area contributed by atoms with Gasteiger partial charge in [0.05, 0.1) is 25.4 Å². The first-order valence-electron chi connectivity index (χ1n) is 3.51. The third-order valence-corrected chi connectivity index (χ3v) is 1.88. The van der Waals surface area contributed by atoms with Crippen molar-refractivity contribution < 1.29 is 20.1 Å². The Kier molecular flexibility index (Phi) is 2.80. The van der Waals surface area contributed by atoms with Crippen LogP contribution in [0.25, 0.3) is 0 Å². The Bertz CT molecular complexity index is 130. The van der Waals surface area contributed by atoms with Gasteiger partial charge in [-0.1, -0.05) is 0 Å². The first-order chi connectivity index (χ1) is 5.16. The number of aliphatic hydroxyl groups is 3. The molecule has 5 nitrogen and oxygen atoms in total. The van der Waals surface area contributed by atoms with E-state index < -0.39 is 24.4 Å². The molecule has 0 amide bonds. The first-order valence-corrected chi connectivity index (χ1v) is 3.51. The van der Waals surface area contributed by atoms with Crippen molar-refractivity contribution in [3.63, 3.8) is 0 Å². The highest BCUT2D eigenvalue weighted by atomic mass is 16.5. The van der Waals surface area contributed by atoms with E-state index in [0.29, 0.717) is 0 Å². The predicted octanol–water partition coefficient (Wildman–Crippen LogP) is -2.57. The van der Waals surface area contributed by atoms with Gasteiger partial charge in [0.1, 0.15) is 12.2 Å². The fourth-order valence-corrected chi connectivity index (χ4v) is 1.07. The summed E-state index contributed by atoms with van der Waals surface area (Å²) in [5.74, 6) is 0. The Morgan fingerprint density at radius 2 is 2.09 bits per heavy atom. The van der Waals surface area contributed by atoms with Crippen molar-refractivity contribution in [2.45, 2.75) is 24.4 Å². The molecule has 0 radical (unpaired) electrons. The largest absolute Gasteiger partial charge is 0.394 e. The molecule has 4 atom stereocenters. The SMILES string of the molecule is N[C@H]1C(O)COC(CO)[C@H]1O. The van der Waals surface area contributed by atoms with E-state index in [0.717, 1.165) is 0 Å². The molecule has 66 valence electrons. The summed E-state index contributed by atoms with van der Waals surface area (Å²) in [7, 11) is 0. The lowest BCUT2D eigenvalue weighted by molar-refractivity contribution is -0.147. The molecule has 0 spiro atoms. The molecule has 0 aromatic heterocycles. The van der Waals surface area contributed by atoms with Gasteiger partial charge in [-0.2, -0.15) is 0 Å². The smallest absolute Gasteiger partial charge is 0.108 e. The van der Waals surface area contributed by atoms with Crippen LogP contribution in [-0.2, 0) is 4.74 Å². The maximum absolute atomic E-state index is 9.24. The molecule has 1 saturated heterocycles. The number of hydrogen-bond donors (Lipinski definition) is 4. The molecule has 1 aliphatic rings. The summed E-state index contributed by atoms with van der Waals surface area (Å²) in [6.07, 6.45) is -2.48. The lowest BCUT2D eigenvalue weighted by Gasteiger charge is -2.34. The Balaban J connectivity index is 2.52. The molecule has 0 aromatic rings. The maximum Gasteiger partial charge on any atom is 0.108 e. The Hall–Kier alpha value is -0.200. The summed E-state index contributed by atoms with van der Waals surface area (Å²) >= 11 is 0. The van der Waals surface area contributed by atoms with E-state index in [2.05, 4.69) is 0 Å². The van der Waals surface area contributed by atoms with Gasteiger partial charge in [-0.15, -0.1) is 0 Å². The first kappa shape index (κ1) is 8.89. The third kappa shape index (κ3) is 1.69. The molecular weight excluding hydrogens is 150 g/mol. The zero-order chi connectivity index (χ0) is 8.43. The highest BCUT2D eigenvalue weighted by molar-refractivity contribution is 4.89. The highest BCUT2D eigenvalue weighted by Crippen LogP contribution is 2.12. The molecule has 5 N–H and O–H groups in total. The van der Waals surface area contributed by atoms with Crippen molar-refractivity contribution in [3.8, 4) is 0 Å². The second-order valence-electron chi connectivity index (χ2n) is 2.69. The number of ether oxygens (including phenoxy) is 1. The molecule has 0 bridgehead atoms. The lowest BCUT2D eigenvalue weighted by Crippen LogP contribution is -2.58. The summed E-state index contributed by atoms with van der Waals surface area (Å²) < 4.78 is 4.89. The molecule has 2 unspecified atom stereocenters. The van der Waals surface area contributed by atoms with Crippen LogP contribution in [0, 0.1) is 0 Å². The van der Waals surface area contributed by atoms with Gasteiger partial charge in [0, 0.05) is 0 Å². The summed E-state index contributed by atoms with van der Waals surface area (Å²) in [4.78, 5) is 0. The average Bonchev–Trinajstić information content (AvgIpc) is 2.01. The Morgan fingerprint density at radius 1 is 1.45 bits per heavy atom. The normalized spacial score (nSPS) is 45.8. The van der Waals surface area contributed by atoms with Crippen LogP contribution < -0.4 is 5.73 Å². The van der Waals surface area contributed by atoms with Gasteiger partial charge >= 0.3 is 0 Å². The molecule has 0 aromatic carbocycles. The van der Waals surface area contributed by atoms with Crippen LogP contribution in [-0.4, -0.2) is 52.9 Å². The summed E-state index contributed by atoms with van der Waals surface area (Å²) in [6.45, 7) is -0.203. The van der Waals surface area contributed by atoms with Crippen molar-refractivity contribution in [1.29, 1.82) is 0 Å². The van der Waals surface area contributed by atoms with Gasteiger partial charge in [-0.05, 0) is 0 Å². The van der Waals surface area contributed by atoms with Crippen LogP contribution in [0.3, 0.4) is 0 Å². The monoisotopic (exact) mass is 163 g/mol. The van der Waals surface area contributed by atoms with Gasteiger partial charge in [-0.25, -0.2) is 0 Å². The molecular formula is C6H13NO4. The molecule has 0 aliphatic carbocycles. The molecule has 1 aliphatic heterocycles. The Morgan fingerprint density at radius 3 is 2.64 bits per heavy atom. The van der Waals surface area contributed by atoms with Crippen LogP contribution in [0.1, 0.15) is 0 Å². The molecule has 0 saturated carbocycles. The van der Waals surface area contributed by atoms with Gasteiger partial charge in [0.15, 0.2) is 0 Å². The van der Waals surface area contributed by atoms with E-state index in [9.17, 15) is 5.11 Å². The van der Waals surface area contributed by atoms with Gasteiger partial charge in [-0.3, -0.25) is 0 Å². The number of rotatable bonds is 1. The van der Waals surface area contributed by atoms with E-state index in [-0.39, 0.29) is 13.2 Å². The van der Waals surface area contributed by atoms with Crippen molar-refractivity contribution in [2.75, 3.05) is 13.2 Å². The van der Waals surface area contributed by atoms with Crippen LogP contribution in [0.15, 0.2) is 0 Å². The minimum absolute atomic E-state index is 0.0729. The lowest BCUT2D eigenvalue weighted by atomic mass is 9.99. The summed E-state index contributed by atoms with van der Waals surface area (Å²) in [5, 5.41) is 27.0. The van der Waals surface area contributed by atoms with Crippen LogP contribution in [0.2, 0.25) is 0 Å². The summed E-state index contributed by atoms with van der Waals surface area (Å²) in [6, 6.07) is -0.721. The topological polar surface area (TPSA) is 95.9 Å². The summed E-state index contributed by atoms with van der Waals surface area (Å²) in [5.41, 5.74) is 5.40. The van der Waals surface area contributed by atoms with E-state index in [4.69, 9.17) is 20.7 Å². The van der Waals surface area contributed by atoms with Crippen LogP contribution >= 0.6 is 0 Å². The van der Waals surface area contributed by atoms with E-state index in [1.165, 1.54) is 0 Å². The van der Waals surface area contributed by atoms with Gasteiger partial charge in [0.2, 0.25) is 0 Å². The Labute approximate surface area is 64.4 Å². The van der Waals surface area contributed by atoms with Crippen molar-refractivity contribution in [1.82, 2.24) is 0 Å². The van der Waals surface area contributed by atoms with Crippen LogP contribution in [0.5, 0.6) is 0 Å². The van der Waals surface area contributed by atoms with Crippen molar-refractivity contribution >= 4 is 0 Å². The van der Waals surface area contributed by atoms with Crippen molar-refractivity contribution in [3.05, 3.63) is 0 Å². The van der Waals surface area contributed by atoms with Crippen LogP contribution in [0.4, 0.5) is 0 Å². The van der Waals surface area contributed by atoms with E-state index in [1.807, 2.05) is 0 Å². The minimum Gasteiger partial charge on any atom is -0.394 e. The zero-order valence-electron chi connectivity index (χ0n) is 6.05. The zero-order valence-corrected chi connectivity index (χ0v) is 6.05. The fraction of sp³-hybridized carbons (Fsp3) is 1.00. The number of nitrogens with two attached hydrogens (primary N) is 1. The maximum atomic E-state index is 9.24. The number of aliphatic hydroxyl groups excluding tert-OH is 3. The third-order valence-electron chi connectivity index (χ3n) is 1.88. The van der Waals surface area contributed by atoms with Gasteiger partial charge < -0.3 is 25.8 Å². The highest BCUT2D eigenvalue weighted by Gasteiger charge is 2.35. The molecule has 1 fully saturated rings. The quantitative estimate of drug-likeness (QED) is 0.340. The molecule has 11 heavy (non-hydrogen) atoms. The van der Waals surface area contributed by atoms with E-state index >= 15 is 0 Å².